The molecule has 144 valence electrons. The Balaban J connectivity index is 1.83. The molecule has 1 atom stereocenters. The predicted molar refractivity (Wildman–Crippen MR) is 95.8 cm³/mol. The van der Waals surface area contributed by atoms with E-state index in [1.807, 2.05) is 0 Å². The summed E-state index contributed by atoms with van der Waals surface area (Å²) in [6.45, 7) is 2.94. The molecule has 1 heterocycles. The van der Waals surface area contributed by atoms with Gasteiger partial charge in [0, 0.05) is 26.6 Å². The molecule has 1 unspecified atom stereocenters. The topological polar surface area (TPSA) is 119 Å². The van der Waals surface area contributed by atoms with Crippen molar-refractivity contribution in [2.24, 2.45) is 5.14 Å². The molecule has 1 aromatic rings. The maximum Gasteiger partial charge on any atom is 0.239 e. The summed E-state index contributed by atoms with van der Waals surface area (Å²) in [7, 11) is -3.72. The summed E-state index contributed by atoms with van der Waals surface area (Å²) in [6.07, 6.45) is 2.50. The quantitative estimate of drug-likeness (QED) is 0.656. The van der Waals surface area contributed by atoms with Crippen LogP contribution in [0.15, 0.2) is 29.2 Å². The van der Waals surface area contributed by atoms with Crippen LogP contribution in [-0.2, 0) is 30.8 Å². The van der Waals surface area contributed by atoms with Crippen LogP contribution >= 0.6 is 0 Å². The lowest BCUT2D eigenvalue weighted by Crippen LogP contribution is -2.42. The van der Waals surface area contributed by atoms with Gasteiger partial charge in [-0.2, -0.15) is 0 Å². The molecule has 2 rings (SSSR count). The number of nitrogens with zero attached hydrogens (tertiary/aromatic N) is 1. The Labute approximate surface area is 153 Å². The highest BCUT2D eigenvalue weighted by atomic mass is 32.2. The molecule has 1 aliphatic heterocycles. The molecule has 8 nitrogen and oxygen atoms in total. The minimum absolute atomic E-state index is 0.0166. The largest absolute Gasteiger partial charge is 0.376 e. The summed E-state index contributed by atoms with van der Waals surface area (Å²) >= 11 is 0. The van der Waals surface area contributed by atoms with Crippen LogP contribution in [-0.4, -0.2) is 57.5 Å². The van der Waals surface area contributed by atoms with Gasteiger partial charge in [-0.1, -0.05) is 12.1 Å². The lowest BCUT2D eigenvalue weighted by atomic mass is 10.1. The number of rotatable bonds is 8. The SMILES string of the molecule is CC(=O)N(CCc1ccc(S(N)(=O)=O)cc1)CC(=O)NCC1CCCO1. The van der Waals surface area contributed by atoms with Crippen LogP contribution in [0.2, 0.25) is 0 Å². The molecule has 0 radical (unpaired) electrons. The number of sulfonamides is 1. The van der Waals surface area contributed by atoms with E-state index in [1.165, 1.54) is 24.0 Å². The van der Waals surface area contributed by atoms with E-state index in [4.69, 9.17) is 9.88 Å². The molecule has 1 aliphatic rings. The number of amides is 2. The Bertz CT molecular complexity index is 727. The zero-order valence-electron chi connectivity index (χ0n) is 14.8. The van der Waals surface area contributed by atoms with Crippen LogP contribution in [0.1, 0.15) is 25.3 Å². The van der Waals surface area contributed by atoms with E-state index in [9.17, 15) is 18.0 Å². The summed E-state index contributed by atoms with van der Waals surface area (Å²) in [6, 6.07) is 6.15. The van der Waals surface area contributed by atoms with Gasteiger partial charge in [-0.25, -0.2) is 13.6 Å². The number of benzene rings is 1. The van der Waals surface area contributed by atoms with Crippen molar-refractivity contribution in [1.29, 1.82) is 0 Å². The highest BCUT2D eigenvalue weighted by molar-refractivity contribution is 7.89. The summed E-state index contributed by atoms with van der Waals surface area (Å²) in [5.74, 6) is -0.418. The van der Waals surface area contributed by atoms with Gasteiger partial charge in [0.05, 0.1) is 17.5 Å². The third kappa shape index (κ3) is 6.40. The Morgan fingerprint density at radius 1 is 1.31 bits per heavy atom. The Morgan fingerprint density at radius 2 is 2.00 bits per heavy atom. The molecule has 0 saturated carbocycles. The lowest BCUT2D eigenvalue weighted by Gasteiger charge is -2.21. The standard InChI is InChI=1S/C17H25N3O5S/c1-13(21)20(12-17(22)19-11-15-3-2-10-25-15)9-8-14-4-6-16(7-5-14)26(18,23)24/h4-7,15H,2-3,8-12H2,1H3,(H,19,22)(H2,18,23,24). The fourth-order valence-electron chi connectivity index (χ4n) is 2.72. The van der Waals surface area contributed by atoms with Gasteiger partial charge >= 0.3 is 0 Å². The zero-order chi connectivity index (χ0) is 19.2. The maximum atomic E-state index is 12.0. The smallest absolute Gasteiger partial charge is 0.239 e. The molecule has 0 aliphatic carbocycles. The van der Waals surface area contributed by atoms with E-state index in [2.05, 4.69) is 5.32 Å². The average Bonchev–Trinajstić information content (AvgIpc) is 3.09. The minimum atomic E-state index is -3.72. The van der Waals surface area contributed by atoms with Crippen molar-refractivity contribution in [3.63, 3.8) is 0 Å². The first-order valence-electron chi connectivity index (χ1n) is 8.51. The molecule has 0 spiro atoms. The number of hydrogen-bond donors (Lipinski definition) is 2. The van der Waals surface area contributed by atoms with Crippen LogP contribution in [0, 0.1) is 0 Å². The monoisotopic (exact) mass is 383 g/mol. The van der Waals surface area contributed by atoms with E-state index in [0.717, 1.165) is 25.0 Å². The summed E-state index contributed by atoms with van der Waals surface area (Å²) < 4.78 is 27.9. The van der Waals surface area contributed by atoms with Crippen molar-refractivity contribution in [3.05, 3.63) is 29.8 Å². The maximum absolute atomic E-state index is 12.0. The average molecular weight is 383 g/mol. The van der Waals surface area contributed by atoms with Crippen LogP contribution in [0.25, 0.3) is 0 Å². The molecule has 0 bridgehead atoms. The van der Waals surface area contributed by atoms with Crippen molar-refractivity contribution in [2.45, 2.75) is 37.2 Å². The van der Waals surface area contributed by atoms with Crippen molar-refractivity contribution in [2.75, 3.05) is 26.2 Å². The van der Waals surface area contributed by atoms with E-state index in [1.54, 1.807) is 12.1 Å². The second-order valence-electron chi connectivity index (χ2n) is 6.32. The number of carbonyl (C=O) groups is 2. The number of nitrogens with one attached hydrogen (secondary N) is 1. The molecule has 3 N–H and O–H groups in total. The molecule has 1 fully saturated rings. The van der Waals surface area contributed by atoms with E-state index < -0.39 is 10.0 Å². The Morgan fingerprint density at radius 3 is 2.54 bits per heavy atom. The van der Waals surface area contributed by atoms with Crippen molar-refractivity contribution in [1.82, 2.24) is 10.2 Å². The Hall–Kier alpha value is -1.97. The van der Waals surface area contributed by atoms with Gasteiger partial charge in [0.25, 0.3) is 0 Å². The molecule has 0 aromatic heterocycles. The van der Waals surface area contributed by atoms with Gasteiger partial charge in [0.1, 0.15) is 0 Å². The number of ether oxygens (including phenoxy) is 1. The van der Waals surface area contributed by atoms with Gasteiger partial charge in [0.2, 0.25) is 21.8 Å². The first-order valence-corrected chi connectivity index (χ1v) is 10.1. The van der Waals surface area contributed by atoms with Gasteiger partial charge < -0.3 is 15.0 Å². The first-order chi connectivity index (χ1) is 12.3. The Kier molecular flexibility index (Phi) is 7.13. The third-order valence-corrected chi connectivity index (χ3v) is 5.18. The fourth-order valence-corrected chi connectivity index (χ4v) is 3.24. The van der Waals surface area contributed by atoms with Gasteiger partial charge in [-0.05, 0) is 37.0 Å². The lowest BCUT2D eigenvalue weighted by molar-refractivity contribution is -0.134. The number of primary sulfonamides is 1. The van der Waals surface area contributed by atoms with Crippen LogP contribution in [0.5, 0.6) is 0 Å². The minimum Gasteiger partial charge on any atom is -0.376 e. The molecule has 1 aromatic carbocycles. The number of hydrogen-bond acceptors (Lipinski definition) is 5. The highest BCUT2D eigenvalue weighted by Gasteiger charge is 2.18. The zero-order valence-corrected chi connectivity index (χ0v) is 15.6. The van der Waals surface area contributed by atoms with E-state index in [0.29, 0.717) is 19.5 Å². The van der Waals surface area contributed by atoms with Gasteiger partial charge in [-0.3, -0.25) is 9.59 Å². The molecule has 1 saturated heterocycles. The van der Waals surface area contributed by atoms with E-state index in [-0.39, 0.29) is 29.4 Å². The third-order valence-electron chi connectivity index (χ3n) is 4.25. The summed E-state index contributed by atoms with van der Waals surface area (Å²) in [5, 5.41) is 7.86. The van der Waals surface area contributed by atoms with Crippen molar-refractivity contribution in [3.8, 4) is 0 Å². The summed E-state index contributed by atoms with van der Waals surface area (Å²) in [5.41, 5.74) is 0.850. The van der Waals surface area contributed by atoms with Crippen molar-refractivity contribution >= 4 is 21.8 Å². The normalized spacial score (nSPS) is 17.1. The molecule has 26 heavy (non-hydrogen) atoms. The van der Waals surface area contributed by atoms with Gasteiger partial charge in [0.15, 0.2) is 0 Å². The second-order valence-corrected chi connectivity index (χ2v) is 7.88. The van der Waals surface area contributed by atoms with Crippen LogP contribution in [0.4, 0.5) is 0 Å². The molecular formula is C17H25N3O5S. The fraction of sp³-hybridized carbons (Fsp3) is 0.529. The summed E-state index contributed by atoms with van der Waals surface area (Å²) in [4.78, 5) is 25.3. The molecule has 9 heteroatoms. The van der Waals surface area contributed by atoms with Crippen molar-refractivity contribution < 1.29 is 22.7 Å². The predicted octanol–water partition coefficient (Wildman–Crippen LogP) is 0.0202. The van der Waals surface area contributed by atoms with Gasteiger partial charge in [-0.15, -0.1) is 0 Å². The van der Waals surface area contributed by atoms with E-state index >= 15 is 0 Å². The van der Waals surface area contributed by atoms with Crippen LogP contribution in [0.3, 0.4) is 0 Å². The molecular weight excluding hydrogens is 358 g/mol. The molecule has 2 amide bonds. The number of carbonyl (C=O) groups excluding carboxylic acids is 2. The first kappa shape index (κ1) is 20.3. The second kappa shape index (κ2) is 9.11. The number of nitrogens with two attached hydrogens (primary N) is 1. The van der Waals surface area contributed by atoms with Crippen LogP contribution < -0.4 is 10.5 Å². The highest BCUT2D eigenvalue weighted by Crippen LogP contribution is 2.11.